The highest BCUT2D eigenvalue weighted by atomic mass is 35.5. The molecule has 0 amide bonds. The van der Waals surface area contributed by atoms with Gasteiger partial charge in [0.2, 0.25) is 5.88 Å². The molecule has 21 heavy (non-hydrogen) atoms. The van der Waals surface area contributed by atoms with Crippen LogP contribution in [-0.4, -0.2) is 46.5 Å². The summed E-state index contributed by atoms with van der Waals surface area (Å²) in [6, 6.07) is 0.897. The molecule has 0 bridgehead atoms. The minimum Gasteiger partial charge on any atom is -0.507 e. The molecule has 0 aliphatic rings. The Morgan fingerprint density at radius 3 is 2.95 bits per heavy atom. The first-order valence-electron chi connectivity index (χ1n) is 6.10. The molecule has 4 N–H and O–H groups in total. The number of aromatic amines is 1. The Balaban J connectivity index is 2.35. The zero-order valence-corrected chi connectivity index (χ0v) is 11.6. The molecule has 0 aromatic carbocycles. The van der Waals surface area contributed by atoms with E-state index in [1.54, 1.807) is 0 Å². The number of hydrogen-bond donors (Lipinski definition) is 4. The standard InChI is InChI=1S/C12H13ClFN3O4/c13-11-9(14)10-8(6(19)5-7(20)16-10)12(17-11)21-4-2-15-1-3-18/h5,15,18H,1-4H2,(H2,16,19,20). The summed E-state index contributed by atoms with van der Waals surface area (Å²) in [5.41, 5.74) is -0.935. The summed E-state index contributed by atoms with van der Waals surface area (Å²) in [4.78, 5) is 17.3. The van der Waals surface area contributed by atoms with Crippen LogP contribution in [0.1, 0.15) is 0 Å². The van der Waals surface area contributed by atoms with Crippen LogP contribution in [0.2, 0.25) is 5.15 Å². The number of aliphatic hydroxyl groups is 1. The van der Waals surface area contributed by atoms with Gasteiger partial charge in [-0.25, -0.2) is 4.39 Å². The quantitative estimate of drug-likeness (QED) is 0.453. The second-order valence-corrected chi connectivity index (χ2v) is 4.47. The summed E-state index contributed by atoms with van der Waals surface area (Å²) < 4.78 is 19.2. The molecule has 0 saturated carbocycles. The van der Waals surface area contributed by atoms with Gasteiger partial charge >= 0.3 is 0 Å². The van der Waals surface area contributed by atoms with Crippen LogP contribution in [0.3, 0.4) is 0 Å². The Morgan fingerprint density at radius 1 is 1.48 bits per heavy atom. The lowest BCUT2D eigenvalue weighted by atomic mass is 10.2. The topological polar surface area (TPSA) is 107 Å². The van der Waals surface area contributed by atoms with Crippen LogP contribution >= 0.6 is 11.6 Å². The molecule has 2 heterocycles. The summed E-state index contributed by atoms with van der Waals surface area (Å²) in [5, 5.41) is 20.7. The number of nitrogens with zero attached hydrogens (tertiary/aromatic N) is 1. The Kier molecular flexibility index (Phi) is 4.94. The highest BCUT2D eigenvalue weighted by Crippen LogP contribution is 2.33. The van der Waals surface area contributed by atoms with Crippen molar-refractivity contribution in [2.24, 2.45) is 0 Å². The van der Waals surface area contributed by atoms with Gasteiger partial charge in [-0.3, -0.25) is 4.79 Å². The molecule has 0 fully saturated rings. The molecule has 2 aromatic rings. The predicted molar refractivity (Wildman–Crippen MR) is 74.4 cm³/mol. The minimum atomic E-state index is -0.939. The van der Waals surface area contributed by atoms with Crippen LogP contribution < -0.4 is 15.6 Å². The van der Waals surface area contributed by atoms with Gasteiger partial charge in [0.05, 0.1) is 12.1 Å². The Labute approximate surface area is 123 Å². The zero-order valence-electron chi connectivity index (χ0n) is 10.8. The third-order valence-corrected chi connectivity index (χ3v) is 2.89. The van der Waals surface area contributed by atoms with Crippen molar-refractivity contribution in [2.45, 2.75) is 0 Å². The molecule has 2 rings (SSSR count). The number of fused-ring (bicyclic) bond motifs is 1. The van der Waals surface area contributed by atoms with E-state index < -0.39 is 22.3 Å². The lowest BCUT2D eigenvalue weighted by Gasteiger charge is -2.11. The van der Waals surface area contributed by atoms with Gasteiger partial charge in [-0.2, -0.15) is 4.98 Å². The second-order valence-electron chi connectivity index (χ2n) is 4.11. The van der Waals surface area contributed by atoms with Crippen molar-refractivity contribution in [1.29, 1.82) is 0 Å². The number of halogens is 2. The van der Waals surface area contributed by atoms with E-state index in [1.807, 2.05) is 0 Å². The third-order valence-electron chi connectivity index (χ3n) is 2.64. The second kappa shape index (κ2) is 6.70. The van der Waals surface area contributed by atoms with E-state index in [1.165, 1.54) is 0 Å². The molecule has 2 aromatic heterocycles. The van der Waals surface area contributed by atoms with Crippen molar-refractivity contribution in [3.8, 4) is 11.6 Å². The molecule has 0 saturated heterocycles. The van der Waals surface area contributed by atoms with Gasteiger partial charge in [0.1, 0.15) is 17.7 Å². The van der Waals surface area contributed by atoms with Crippen molar-refractivity contribution in [3.05, 3.63) is 27.4 Å². The number of pyridine rings is 2. The van der Waals surface area contributed by atoms with Crippen LogP contribution in [0.4, 0.5) is 4.39 Å². The Bertz CT molecular complexity index is 707. The van der Waals surface area contributed by atoms with Crippen LogP contribution in [0, 0.1) is 5.82 Å². The molecule has 0 atom stereocenters. The van der Waals surface area contributed by atoms with Gasteiger partial charge in [0.15, 0.2) is 11.0 Å². The van der Waals surface area contributed by atoms with Gasteiger partial charge in [-0.05, 0) is 0 Å². The van der Waals surface area contributed by atoms with E-state index in [4.69, 9.17) is 21.4 Å². The molecular weight excluding hydrogens is 305 g/mol. The number of H-pyrrole nitrogens is 1. The first-order chi connectivity index (χ1) is 10.0. The van der Waals surface area contributed by atoms with Crippen molar-refractivity contribution in [2.75, 3.05) is 26.3 Å². The molecule has 0 aliphatic carbocycles. The van der Waals surface area contributed by atoms with E-state index in [-0.39, 0.29) is 30.0 Å². The molecule has 7 nitrogen and oxygen atoms in total. The van der Waals surface area contributed by atoms with Crippen LogP contribution in [0.25, 0.3) is 10.9 Å². The average Bonchev–Trinajstić information content (AvgIpc) is 2.43. The molecule has 0 spiro atoms. The summed E-state index contributed by atoms with van der Waals surface area (Å²) in [6.45, 7) is 0.956. The summed E-state index contributed by atoms with van der Waals surface area (Å²) >= 11 is 5.64. The third kappa shape index (κ3) is 3.41. The summed E-state index contributed by atoms with van der Waals surface area (Å²) in [6.07, 6.45) is 0. The molecule has 0 unspecified atom stereocenters. The lowest BCUT2D eigenvalue weighted by Crippen LogP contribution is -2.24. The van der Waals surface area contributed by atoms with Crippen molar-refractivity contribution < 1.29 is 19.3 Å². The van der Waals surface area contributed by atoms with E-state index in [9.17, 15) is 14.3 Å². The fourth-order valence-corrected chi connectivity index (χ4v) is 1.92. The van der Waals surface area contributed by atoms with E-state index in [0.29, 0.717) is 13.1 Å². The lowest BCUT2D eigenvalue weighted by molar-refractivity contribution is 0.273. The van der Waals surface area contributed by atoms with Gasteiger partial charge in [0, 0.05) is 19.2 Å². The molecule has 0 aliphatic heterocycles. The fourth-order valence-electron chi connectivity index (χ4n) is 1.75. The minimum absolute atomic E-state index is 0.00835. The molecular formula is C12H13ClFN3O4. The number of aliphatic hydroxyl groups excluding tert-OH is 1. The maximum Gasteiger partial charge on any atom is 0.252 e. The number of hydrogen-bond acceptors (Lipinski definition) is 6. The van der Waals surface area contributed by atoms with E-state index in [0.717, 1.165) is 6.07 Å². The van der Waals surface area contributed by atoms with Gasteiger partial charge in [-0.15, -0.1) is 0 Å². The predicted octanol–water partition coefficient (Wildman–Crippen LogP) is 0.382. The largest absolute Gasteiger partial charge is 0.507 e. The van der Waals surface area contributed by atoms with Gasteiger partial charge in [0.25, 0.3) is 5.56 Å². The number of rotatable bonds is 6. The molecule has 0 radical (unpaired) electrons. The SMILES string of the molecule is O=c1cc(O)c2c(OCCNCCO)nc(Cl)c(F)c2[nH]1. The Morgan fingerprint density at radius 2 is 2.24 bits per heavy atom. The number of nitrogens with one attached hydrogen (secondary N) is 2. The first-order valence-corrected chi connectivity index (χ1v) is 6.47. The van der Waals surface area contributed by atoms with Crippen molar-refractivity contribution in [1.82, 2.24) is 15.3 Å². The van der Waals surface area contributed by atoms with Crippen LogP contribution in [0.15, 0.2) is 10.9 Å². The van der Waals surface area contributed by atoms with Gasteiger partial charge in [-0.1, -0.05) is 11.6 Å². The Hall–Kier alpha value is -1.90. The molecule has 114 valence electrons. The number of aromatic nitrogens is 2. The van der Waals surface area contributed by atoms with E-state index >= 15 is 0 Å². The number of ether oxygens (including phenoxy) is 1. The fraction of sp³-hybridized carbons (Fsp3) is 0.333. The smallest absolute Gasteiger partial charge is 0.252 e. The molecule has 9 heteroatoms. The van der Waals surface area contributed by atoms with Crippen LogP contribution in [0.5, 0.6) is 11.6 Å². The maximum absolute atomic E-state index is 13.9. The number of aromatic hydroxyl groups is 1. The van der Waals surface area contributed by atoms with E-state index in [2.05, 4.69) is 15.3 Å². The monoisotopic (exact) mass is 317 g/mol. The zero-order chi connectivity index (χ0) is 15.4. The average molecular weight is 318 g/mol. The van der Waals surface area contributed by atoms with Crippen LogP contribution in [-0.2, 0) is 0 Å². The highest BCUT2D eigenvalue weighted by molar-refractivity contribution is 6.30. The maximum atomic E-state index is 13.9. The van der Waals surface area contributed by atoms with Crippen molar-refractivity contribution in [3.63, 3.8) is 0 Å². The highest BCUT2D eigenvalue weighted by Gasteiger charge is 2.18. The first kappa shape index (κ1) is 15.5. The normalized spacial score (nSPS) is 11.0. The summed E-state index contributed by atoms with van der Waals surface area (Å²) in [5.74, 6) is -1.48. The summed E-state index contributed by atoms with van der Waals surface area (Å²) in [7, 11) is 0. The van der Waals surface area contributed by atoms with Gasteiger partial charge < -0.3 is 25.3 Å². The van der Waals surface area contributed by atoms with Crippen molar-refractivity contribution >= 4 is 22.5 Å².